The summed E-state index contributed by atoms with van der Waals surface area (Å²) in [6.45, 7) is 0.941. The molecule has 1 N–H and O–H groups in total. The second kappa shape index (κ2) is 7.68. The van der Waals surface area contributed by atoms with E-state index >= 15 is 0 Å². The molecule has 0 bridgehead atoms. The number of carbonyl (C=O) groups is 2. The number of methoxy groups -OCH3 is 1. The Morgan fingerprint density at radius 1 is 1.36 bits per heavy atom. The fourth-order valence-corrected chi connectivity index (χ4v) is 2.57. The van der Waals surface area contributed by atoms with E-state index in [1.54, 1.807) is 13.2 Å². The van der Waals surface area contributed by atoms with Gasteiger partial charge in [0.2, 0.25) is 5.91 Å². The van der Waals surface area contributed by atoms with Crippen LogP contribution in [0.3, 0.4) is 0 Å². The highest BCUT2D eigenvalue weighted by Gasteiger charge is 2.33. The van der Waals surface area contributed by atoms with Crippen molar-refractivity contribution >= 4 is 11.9 Å². The number of carbonyl (C=O) groups excluding carboxylic acids is 1. The number of amides is 1. The smallest absolute Gasteiger partial charge is 0.326 e. The lowest BCUT2D eigenvalue weighted by atomic mass is 10.2. The molecule has 0 aromatic heterocycles. The first-order chi connectivity index (χ1) is 10.6. The maximum atomic E-state index is 12.1. The third-order valence-electron chi connectivity index (χ3n) is 3.70. The largest absolute Gasteiger partial charge is 0.497 e. The summed E-state index contributed by atoms with van der Waals surface area (Å²) in [6.07, 6.45) is 2.15. The number of carboxylic acid groups (broad SMARTS) is 1. The van der Waals surface area contributed by atoms with E-state index in [0.717, 1.165) is 12.2 Å². The van der Waals surface area contributed by atoms with Gasteiger partial charge in [0.05, 0.1) is 13.7 Å². The predicted molar refractivity (Wildman–Crippen MR) is 80.1 cm³/mol. The van der Waals surface area contributed by atoms with E-state index in [2.05, 4.69) is 0 Å². The molecule has 6 nitrogen and oxygen atoms in total. The molecule has 1 aliphatic heterocycles. The fourth-order valence-electron chi connectivity index (χ4n) is 2.57. The number of ether oxygens (including phenoxy) is 2. The van der Waals surface area contributed by atoms with Crippen LogP contribution in [0.5, 0.6) is 11.5 Å². The average Bonchev–Trinajstić information content (AvgIpc) is 3.01. The molecule has 120 valence electrons. The predicted octanol–water partition coefficient (Wildman–Crippen LogP) is 1.93. The second-order valence-corrected chi connectivity index (χ2v) is 5.21. The zero-order valence-corrected chi connectivity index (χ0v) is 12.7. The molecule has 1 fully saturated rings. The van der Waals surface area contributed by atoms with E-state index in [-0.39, 0.29) is 5.91 Å². The molecule has 0 aliphatic carbocycles. The molecule has 0 spiro atoms. The third kappa shape index (κ3) is 4.13. The molecule has 1 saturated heterocycles. The van der Waals surface area contributed by atoms with Crippen molar-refractivity contribution in [1.29, 1.82) is 0 Å². The summed E-state index contributed by atoms with van der Waals surface area (Å²) in [5.74, 6) is 0.379. The number of nitrogens with zero attached hydrogens (tertiary/aromatic N) is 1. The number of aliphatic carboxylic acids is 1. The third-order valence-corrected chi connectivity index (χ3v) is 3.70. The van der Waals surface area contributed by atoms with Crippen LogP contribution in [-0.4, -0.2) is 48.2 Å². The van der Waals surface area contributed by atoms with Gasteiger partial charge in [0.1, 0.15) is 17.5 Å². The summed E-state index contributed by atoms with van der Waals surface area (Å²) < 4.78 is 10.7. The van der Waals surface area contributed by atoms with E-state index in [1.807, 2.05) is 18.2 Å². The maximum absolute atomic E-state index is 12.1. The molecule has 1 aromatic carbocycles. The van der Waals surface area contributed by atoms with Crippen molar-refractivity contribution in [2.75, 3.05) is 20.3 Å². The molecular formula is C16H21NO5. The van der Waals surface area contributed by atoms with Crippen molar-refractivity contribution in [2.24, 2.45) is 0 Å². The van der Waals surface area contributed by atoms with Gasteiger partial charge < -0.3 is 19.5 Å². The molecule has 1 aromatic rings. The van der Waals surface area contributed by atoms with Crippen molar-refractivity contribution in [3.05, 3.63) is 24.3 Å². The lowest BCUT2D eigenvalue weighted by molar-refractivity contribution is -0.148. The Kier molecular flexibility index (Phi) is 5.63. The van der Waals surface area contributed by atoms with Crippen LogP contribution in [-0.2, 0) is 9.59 Å². The van der Waals surface area contributed by atoms with Gasteiger partial charge in [-0.15, -0.1) is 0 Å². The van der Waals surface area contributed by atoms with Gasteiger partial charge in [-0.1, -0.05) is 6.07 Å². The van der Waals surface area contributed by atoms with Crippen LogP contribution < -0.4 is 9.47 Å². The highest BCUT2D eigenvalue weighted by molar-refractivity contribution is 5.84. The Hall–Kier alpha value is -2.24. The number of carboxylic acids is 1. The summed E-state index contributed by atoms with van der Waals surface area (Å²) in [6, 6.07) is 6.61. The van der Waals surface area contributed by atoms with Crippen LogP contribution >= 0.6 is 0 Å². The molecule has 0 saturated carbocycles. The Morgan fingerprint density at radius 2 is 2.14 bits per heavy atom. The van der Waals surface area contributed by atoms with E-state index in [0.29, 0.717) is 38.2 Å². The highest BCUT2D eigenvalue weighted by Crippen LogP contribution is 2.20. The lowest BCUT2D eigenvalue weighted by Crippen LogP contribution is -2.40. The van der Waals surface area contributed by atoms with Gasteiger partial charge in [0.15, 0.2) is 0 Å². The topological polar surface area (TPSA) is 76.1 Å². The number of hydrogen-bond donors (Lipinski definition) is 1. The number of likely N-dealkylation sites (tertiary alicyclic amines) is 1. The molecule has 2 rings (SSSR count). The van der Waals surface area contributed by atoms with Crippen LogP contribution in [0.4, 0.5) is 0 Å². The van der Waals surface area contributed by atoms with Crippen LogP contribution in [0.25, 0.3) is 0 Å². The van der Waals surface area contributed by atoms with Crippen molar-refractivity contribution in [3.8, 4) is 11.5 Å². The fraction of sp³-hybridized carbons (Fsp3) is 0.500. The van der Waals surface area contributed by atoms with Crippen LogP contribution in [0.15, 0.2) is 24.3 Å². The minimum absolute atomic E-state index is 0.112. The minimum atomic E-state index is -0.918. The SMILES string of the molecule is COc1cccc(OCCCC(=O)N2CCCC2C(=O)O)c1. The van der Waals surface area contributed by atoms with Crippen molar-refractivity contribution in [2.45, 2.75) is 31.7 Å². The van der Waals surface area contributed by atoms with E-state index in [9.17, 15) is 9.59 Å². The van der Waals surface area contributed by atoms with Crippen molar-refractivity contribution in [3.63, 3.8) is 0 Å². The maximum Gasteiger partial charge on any atom is 0.326 e. The molecular weight excluding hydrogens is 286 g/mol. The summed E-state index contributed by atoms with van der Waals surface area (Å²) in [7, 11) is 1.59. The van der Waals surface area contributed by atoms with E-state index in [4.69, 9.17) is 14.6 Å². The van der Waals surface area contributed by atoms with Gasteiger partial charge in [-0.25, -0.2) is 4.79 Å². The lowest BCUT2D eigenvalue weighted by Gasteiger charge is -2.21. The second-order valence-electron chi connectivity index (χ2n) is 5.21. The average molecular weight is 307 g/mol. The van der Waals surface area contributed by atoms with E-state index < -0.39 is 12.0 Å². The summed E-state index contributed by atoms with van der Waals surface area (Å²) >= 11 is 0. The standard InChI is InChI=1S/C16H21NO5/c1-21-12-5-2-6-13(11-12)22-10-4-8-15(18)17-9-3-7-14(17)16(19)20/h2,5-6,11,14H,3-4,7-10H2,1H3,(H,19,20). The van der Waals surface area contributed by atoms with Crippen molar-refractivity contribution in [1.82, 2.24) is 4.90 Å². The van der Waals surface area contributed by atoms with Crippen LogP contribution in [0.1, 0.15) is 25.7 Å². The first-order valence-electron chi connectivity index (χ1n) is 7.41. The van der Waals surface area contributed by atoms with Gasteiger partial charge in [0.25, 0.3) is 0 Å². The van der Waals surface area contributed by atoms with Gasteiger partial charge in [0, 0.05) is 19.0 Å². The van der Waals surface area contributed by atoms with Crippen LogP contribution in [0.2, 0.25) is 0 Å². The first kappa shape index (κ1) is 16.1. The zero-order chi connectivity index (χ0) is 15.9. The highest BCUT2D eigenvalue weighted by atomic mass is 16.5. The number of benzene rings is 1. The molecule has 1 heterocycles. The molecule has 0 radical (unpaired) electrons. The Labute approximate surface area is 129 Å². The molecule has 1 unspecified atom stereocenters. The van der Waals surface area contributed by atoms with Crippen LogP contribution in [0, 0.1) is 0 Å². The van der Waals surface area contributed by atoms with Gasteiger partial charge in [-0.3, -0.25) is 4.79 Å². The summed E-state index contributed by atoms with van der Waals surface area (Å²) in [5.41, 5.74) is 0. The number of hydrogen-bond acceptors (Lipinski definition) is 4. The molecule has 6 heteroatoms. The van der Waals surface area contributed by atoms with Gasteiger partial charge in [-0.2, -0.15) is 0 Å². The van der Waals surface area contributed by atoms with E-state index in [1.165, 1.54) is 4.90 Å². The Morgan fingerprint density at radius 3 is 2.86 bits per heavy atom. The summed E-state index contributed by atoms with van der Waals surface area (Å²) in [4.78, 5) is 24.6. The van der Waals surface area contributed by atoms with Gasteiger partial charge in [-0.05, 0) is 31.4 Å². The van der Waals surface area contributed by atoms with Gasteiger partial charge >= 0.3 is 5.97 Å². The Bertz CT molecular complexity index is 531. The zero-order valence-electron chi connectivity index (χ0n) is 12.7. The normalized spacial score (nSPS) is 17.3. The minimum Gasteiger partial charge on any atom is -0.497 e. The molecule has 1 aliphatic rings. The molecule has 22 heavy (non-hydrogen) atoms. The molecule has 1 amide bonds. The Balaban J connectivity index is 1.74. The van der Waals surface area contributed by atoms with Crippen molar-refractivity contribution < 1.29 is 24.2 Å². The first-order valence-corrected chi connectivity index (χ1v) is 7.41. The summed E-state index contributed by atoms with van der Waals surface area (Å²) in [5, 5.41) is 9.07. The quantitative estimate of drug-likeness (QED) is 0.779. The monoisotopic (exact) mass is 307 g/mol. The number of rotatable bonds is 7. The molecule has 1 atom stereocenters.